The van der Waals surface area contributed by atoms with E-state index in [-0.39, 0.29) is 18.9 Å². The molecule has 0 unspecified atom stereocenters. The van der Waals surface area contributed by atoms with Crippen LogP contribution in [0.4, 0.5) is 0 Å². The summed E-state index contributed by atoms with van der Waals surface area (Å²) in [5, 5.41) is 4.53. The van der Waals surface area contributed by atoms with Gasteiger partial charge in [0.15, 0.2) is 5.76 Å². The molecule has 3 rings (SSSR count). The summed E-state index contributed by atoms with van der Waals surface area (Å²) < 4.78 is 10.7. The molecule has 6 nitrogen and oxygen atoms in total. The van der Waals surface area contributed by atoms with Crippen molar-refractivity contribution >= 4 is 17.5 Å². The van der Waals surface area contributed by atoms with Crippen LogP contribution in [0.1, 0.15) is 5.69 Å². The van der Waals surface area contributed by atoms with Gasteiger partial charge in [-0.2, -0.15) is 0 Å². The average Bonchev–Trinajstić information content (AvgIpc) is 3.11. The number of hydrogen-bond donors (Lipinski definition) is 1. The molecule has 0 aliphatic carbocycles. The fraction of sp³-hybridized carbons (Fsp3) is 0.158. The summed E-state index contributed by atoms with van der Waals surface area (Å²) in [6.45, 7) is 0.560. The van der Waals surface area contributed by atoms with E-state index in [2.05, 4.69) is 10.6 Å². The number of carbonyl (C=O) groups is 1. The van der Waals surface area contributed by atoms with Crippen LogP contribution >= 0.6 is 11.6 Å². The Morgan fingerprint density at radius 2 is 1.85 bits per heavy atom. The van der Waals surface area contributed by atoms with Gasteiger partial charge in [0.1, 0.15) is 19.0 Å². The molecule has 1 N–H and O–H groups in total. The van der Waals surface area contributed by atoms with Gasteiger partial charge in [0.25, 0.3) is 0 Å². The summed E-state index contributed by atoms with van der Waals surface area (Å²) in [6, 6.07) is 18.2. The molecule has 0 atom stereocenters. The number of hydrogen-bond acceptors (Lipinski definition) is 5. The minimum absolute atomic E-state index is 0.0522. The molecular weight excluding hydrogens is 356 g/mol. The van der Waals surface area contributed by atoms with Gasteiger partial charge in [-0.25, -0.2) is 5.48 Å². The number of rotatable bonds is 8. The van der Waals surface area contributed by atoms with Gasteiger partial charge in [0.2, 0.25) is 5.91 Å². The number of amides is 1. The van der Waals surface area contributed by atoms with Gasteiger partial charge in [-0.1, -0.05) is 35.0 Å². The van der Waals surface area contributed by atoms with E-state index >= 15 is 0 Å². The molecule has 0 bridgehead atoms. The van der Waals surface area contributed by atoms with Gasteiger partial charge in [-0.3, -0.25) is 9.63 Å². The number of ether oxygens (including phenoxy) is 1. The fourth-order valence-corrected chi connectivity index (χ4v) is 2.32. The zero-order valence-corrected chi connectivity index (χ0v) is 14.6. The van der Waals surface area contributed by atoms with E-state index < -0.39 is 0 Å². The van der Waals surface area contributed by atoms with Gasteiger partial charge in [-0.05, 0) is 36.4 Å². The molecule has 0 spiro atoms. The van der Waals surface area contributed by atoms with E-state index in [1.165, 1.54) is 0 Å². The van der Waals surface area contributed by atoms with Crippen molar-refractivity contribution in [2.24, 2.45) is 0 Å². The van der Waals surface area contributed by atoms with Crippen LogP contribution in [0.15, 0.2) is 65.2 Å². The number of nitrogens with one attached hydrogen (secondary N) is 1. The Balaban J connectivity index is 1.39. The zero-order chi connectivity index (χ0) is 18.2. The Kier molecular flexibility index (Phi) is 6.24. The van der Waals surface area contributed by atoms with Crippen LogP contribution in [0.2, 0.25) is 5.02 Å². The first-order chi connectivity index (χ1) is 12.7. The van der Waals surface area contributed by atoms with Gasteiger partial charge >= 0.3 is 0 Å². The summed E-state index contributed by atoms with van der Waals surface area (Å²) in [6.07, 6.45) is 0.0522. The minimum atomic E-state index is -0.319. The second-order valence-corrected chi connectivity index (χ2v) is 5.84. The Hall–Kier alpha value is -2.83. The normalized spacial score (nSPS) is 10.5. The molecule has 1 aromatic heterocycles. The van der Waals surface area contributed by atoms with Crippen LogP contribution < -0.4 is 10.2 Å². The van der Waals surface area contributed by atoms with Crippen molar-refractivity contribution in [1.29, 1.82) is 0 Å². The molecule has 2 aromatic carbocycles. The number of carbonyl (C=O) groups excluding carboxylic acids is 1. The predicted octanol–water partition coefficient (Wildman–Crippen LogP) is 3.66. The number of nitrogens with zero attached hydrogens (tertiary/aromatic N) is 1. The predicted molar refractivity (Wildman–Crippen MR) is 96.7 cm³/mol. The van der Waals surface area contributed by atoms with Crippen LogP contribution in [0.5, 0.6) is 5.75 Å². The van der Waals surface area contributed by atoms with Crippen LogP contribution in [0, 0.1) is 0 Å². The SMILES string of the molecule is O=C(Cc1cc(-c2ccc(Cl)cc2)on1)NOCCOc1ccccc1. The molecule has 7 heteroatoms. The maximum Gasteiger partial charge on any atom is 0.249 e. The second-order valence-electron chi connectivity index (χ2n) is 5.40. The van der Waals surface area contributed by atoms with Crippen molar-refractivity contribution in [2.75, 3.05) is 13.2 Å². The van der Waals surface area contributed by atoms with Crippen LogP contribution in [0.25, 0.3) is 11.3 Å². The first kappa shape index (κ1) is 18.0. The lowest BCUT2D eigenvalue weighted by Gasteiger charge is -2.07. The number of halogens is 1. The largest absolute Gasteiger partial charge is 0.491 e. The van der Waals surface area contributed by atoms with Crippen molar-refractivity contribution in [3.05, 3.63) is 71.4 Å². The smallest absolute Gasteiger partial charge is 0.249 e. The Bertz CT molecular complexity index is 834. The fourth-order valence-electron chi connectivity index (χ4n) is 2.20. The number of benzene rings is 2. The third-order valence-electron chi connectivity index (χ3n) is 3.41. The van der Waals surface area contributed by atoms with E-state index in [1.807, 2.05) is 42.5 Å². The molecule has 0 saturated heterocycles. The standard InChI is InChI=1S/C19H17ClN2O4/c20-15-8-6-14(7-9-15)18-12-16(21-26-18)13-19(23)22-25-11-10-24-17-4-2-1-3-5-17/h1-9,12H,10-11,13H2,(H,22,23). The van der Waals surface area contributed by atoms with Gasteiger partial charge in [-0.15, -0.1) is 0 Å². The summed E-state index contributed by atoms with van der Waals surface area (Å²) in [7, 11) is 0. The van der Waals surface area contributed by atoms with Crippen LogP contribution in [-0.4, -0.2) is 24.3 Å². The molecule has 0 aliphatic heterocycles. The molecule has 1 amide bonds. The third-order valence-corrected chi connectivity index (χ3v) is 3.66. The highest BCUT2D eigenvalue weighted by atomic mass is 35.5. The highest BCUT2D eigenvalue weighted by molar-refractivity contribution is 6.30. The molecule has 3 aromatic rings. The van der Waals surface area contributed by atoms with Crippen molar-refractivity contribution < 1.29 is 18.9 Å². The van der Waals surface area contributed by atoms with Crippen LogP contribution in [0.3, 0.4) is 0 Å². The van der Waals surface area contributed by atoms with Gasteiger partial charge in [0, 0.05) is 16.7 Å². The lowest BCUT2D eigenvalue weighted by molar-refractivity contribution is -0.133. The molecular formula is C19H17ClN2O4. The molecule has 26 heavy (non-hydrogen) atoms. The van der Waals surface area contributed by atoms with Crippen LogP contribution in [-0.2, 0) is 16.1 Å². The first-order valence-corrected chi connectivity index (χ1v) is 8.38. The molecule has 134 valence electrons. The average molecular weight is 373 g/mol. The maximum absolute atomic E-state index is 11.9. The Morgan fingerprint density at radius 1 is 1.08 bits per heavy atom. The topological polar surface area (TPSA) is 73.6 Å². The highest BCUT2D eigenvalue weighted by Gasteiger charge is 2.11. The first-order valence-electron chi connectivity index (χ1n) is 8.01. The van der Waals surface area contributed by atoms with Crippen molar-refractivity contribution in [2.45, 2.75) is 6.42 Å². The molecule has 0 fully saturated rings. The van der Waals surface area contributed by atoms with Gasteiger partial charge in [0.05, 0.1) is 12.1 Å². The van der Waals surface area contributed by atoms with Crippen molar-refractivity contribution in [1.82, 2.24) is 10.6 Å². The number of aromatic nitrogens is 1. The van der Waals surface area contributed by atoms with E-state index in [1.54, 1.807) is 18.2 Å². The Morgan fingerprint density at radius 3 is 2.62 bits per heavy atom. The van der Waals surface area contributed by atoms with E-state index in [0.29, 0.717) is 23.1 Å². The minimum Gasteiger partial charge on any atom is -0.491 e. The summed E-state index contributed by atoms with van der Waals surface area (Å²) in [5.41, 5.74) is 3.70. The monoisotopic (exact) mass is 372 g/mol. The van der Waals surface area contributed by atoms with E-state index in [4.69, 9.17) is 25.7 Å². The summed E-state index contributed by atoms with van der Waals surface area (Å²) in [5.74, 6) is 1.00. The second kappa shape index (κ2) is 9.03. The summed E-state index contributed by atoms with van der Waals surface area (Å²) >= 11 is 5.86. The molecule has 1 heterocycles. The van der Waals surface area contributed by atoms with Crippen molar-refractivity contribution in [3.63, 3.8) is 0 Å². The van der Waals surface area contributed by atoms with E-state index in [9.17, 15) is 4.79 Å². The van der Waals surface area contributed by atoms with Crippen molar-refractivity contribution in [3.8, 4) is 17.1 Å². The number of para-hydroxylation sites is 1. The highest BCUT2D eigenvalue weighted by Crippen LogP contribution is 2.22. The zero-order valence-electron chi connectivity index (χ0n) is 13.9. The lowest BCUT2D eigenvalue weighted by atomic mass is 10.1. The maximum atomic E-state index is 11.9. The van der Waals surface area contributed by atoms with Gasteiger partial charge < -0.3 is 9.26 Å². The third kappa shape index (κ3) is 5.34. The molecule has 0 saturated carbocycles. The van der Waals surface area contributed by atoms with E-state index in [0.717, 1.165) is 11.3 Å². The quantitative estimate of drug-likeness (QED) is 0.482. The Labute approximate surface area is 155 Å². The lowest BCUT2D eigenvalue weighted by Crippen LogP contribution is -2.27. The summed E-state index contributed by atoms with van der Waals surface area (Å²) in [4.78, 5) is 17.0. The molecule has 0 aliphatic rings. The molecule has 0 radical (unpaired) electrons. The number of hydroxylamine groups is 1.